The number of hydrogen-bond acceptors (Lipinski definition) is 6. The van der Waals surface area contributed by atoms with Gasteiger partial charge in [0.1, 0.15) is 5.75 Å². The Bertz CT molecular complexity index is 1140. The number of methoxy groups -OCH3 is 2. The lowest BCUT2D eigenvalue weighted by Crippen LogP contribution is -2.51. The molecule has 2 saturated heterocycles. The van der Waals surface area contributed by atoms with Crippen molar-refractivity contribution in [3.05, 3.63) is 63.7 Å². The van der Waals surface area contributed by atoms with Crippen molar-refractivity contribution < 1.29 is 19.0 Å². The molecule has 1 atom stereocenters. The van der Waals surface area contributed by atoms with E-state index >= 15 is 0 Å². The number of anilines is 1. The van der Waals surface area contributed by atoms with Gasteiger partial charge in [0.15, 0.2) is 0 Å². The van der Waals surface area contributed by atoms with Crippen LogP contribution in [0.2, 0.25) is 0 Å². The third-order valence-electron chi connectivity index (χ3n) is 7.89. The molecule has 0 aliphatic carbocycles. The maximum Gasteiger partial charge on any atom is 0.337 e. The molecule has 2 heterocycles. The fourth-order valence-corrected chi connectivity index (χ4v) is 5.67. The molecule has 194 valence electrons. The summed E-state index contributed by atoms with van der Waals surface area (Å²) in [5.74, 6) is 0.617. The monoisotopic (exact) mass is 492 g/mol. The number of rotatable bonds is 8. The van der Waals surface area contributed by atoms with Gasteiger partial charge in [0.2, 0.25) is 0 Å². The third-order valence-corrected chi connectivity index (χ3v) is 7.89. The summed E-state index contributed by atoms with van der Waals surface area (Å²) in [7, 11) is 3.18. The Balaban J connectivity index is 1.78. The standard InChI is InChI=1S/C30H40N2O4/c1-7-9-23-21(4)20(3)14-28(34-5)25(23)17-32-13-12-30(18-36-19-30)16-27(32)24-11-10-22(29(33)35-6)15-26(24)31-8-2/h7,9-11,14-15,27,31H,8,12-13,16-19H2,1-6H3/b9-7-. The Hall–Kier alpha value is -2.83. The molecule has 0 aromatic heterocycles. The molecule has 0 amide bonds. The lowest BCUT2D eigenvalue weighted by Gasteiger charge is -2.51. The van der Waals surface area contributed by atoms with Crippen molar-refractivity contribution in [3.63, 3.8) is 0 Å². The van der Waals surface area contributed by atoms with Gasteiger partial charge in [0.25, 0.3) is 0 Å². The maximum absolute atomic E-state index is 12.3. The largest absolute Gasteiger partial charge is 0.496 e. The smallest absolute Gasteiger partial charge is 0.337 e. The van der Waals surface area contributed by atoms with E-state index in [0.717, 1.165) is 57.1 Å². The molecule has 6 nitrogen and oxygen atoms in total. The first-order valence-electron chi connectivity index (χ1n) is 12.9. The molecule has 0 radical (unpaired) electrons. The minimum Gasteiger partial charge on any atom is -0.496 e. The highest BCUT2D eigenvalue weighted by molar-refractivity contribution is 5.90. The topological polar surface area (TPSA) is 60.0 Å². The quantitative estimate of drug-likeness (QED) is 0.462. The van der Waals surface area contributed by atoms with Crippen molar-refractivity contribution in [2.75, 3.05) is 45.8 Å². The van der Waals surface area contributed by atoms with Crippen LogP contribution in [0.3, 0.4) is 0 Å². The molecule has 1 N–H and O–H groups in total. The van der Waals surface area contributed by atoms with Crippen LogP contribution in [-0.2, 0) is 16.0 Å². The van der Waals surface area contributed by atoms with Crippen molar-refractivity contribution in [3.8, 4) is 5.75 Å². The number of esters is 1. The van der Waals surface area contributed by atoms with E-state index in [1.165, 1.54) is 34.9 Å². The number of aryl methyl sites for hydroxylation is 1. The van der Waals surface area contributed by atoms with Crippen molar-refractivity contribution in [2.24, 2.45) is 5.41 Å². The van der Waals surface area contributed by atoms with E-state index in [4.69, 9.17) is 14.2 Å². The predicted octanol–water partition coefficient (Wildman–Crippen LogP) is 5.92. The summed E-state index contributed by atoms with van der Waals surface area (Å²) in [5, 5.41) is 3.51. The molecule has 1 unspecified atom stereocenters. The Kier molecular flexibility index (Phi) is 8.06. The number of benzene rings is 2. The van der Waals surface area contributed by atoms with Crippen LogP contribution in [0.4, 0.5) is 5.69 Å². The lowest BCUT2D eigenvalue weighted by molar-refractivity contribution is -0.153. The zero-order valence-corrected chi connectivity index (χ0v) is 22.6. The summed E-state index contributed by atoms with van der Waals surface area (Å²) < 4.78 is 16.6. The molecule has 36 heavy (non-hydrogen) atoms. The number of carbonyl (C=O) groups is 1. The fraction of sp³-hybridized carbons (Fsp3) is 0.500. The number of likely N-dealkylation sites (tertiary alicyclic amines) is 1. The average Bonchev–Trinajstić information content (AvgIpc) is 2.87. The Morgan fingerprint density at radius 1 is 1.25 bits per heavy atom. The maximum atomic E-state index is 12.3. The molecule has 6 heteroatoms. The summed E-state index contributed by atoms with van der Waals surface area (Å²) in [6.07, 6.45) is 6.45. The van der Waals surface area contributed by atoms with Crippen molar-refractivity contribution in [1.82, 2.24) is 4.90 Å². The molecule has 4 rings (SSSR count). The van der Waals surface area contributed by atoms with E-state index in [2.05, 4.69) is 62.2 Å². The highest BCUT2D eigenvalue weighted by Gasteiger charge is 2.46. The number of nitrogens with one attached hydrogen (secondary N) is 1. The lowest BCUT2D eigenvalue weighted by atomic mass is 9.72. The van der Waals surface area contributed by atoms with Crippen LogP contribution in [0, 0.1) is 19.3 Å². The van der Waals surface area contributed by atoms with Crippen LogP contribution in [0.25, 0.3) is 6.08 Å². The SMILES string of the molecule is C/C=C\c1c(C)c(C)cc(OC)c1CN1CCC2(COC2)CC1c1ccc(C(=O)OC)cc1NCC. The van der Waals surface area contributed by atoms with E-state index in [9.17, 15) is 4.79 Å². The van der Waals surface area contributed by atoms with E-state index in [1.54, 1.807) is 7.11 Å². The molecule has 1 spiro atoms. The van der Waals surface area contributed by atoms with Crippen LogP contribution in [-0.4, -0.2) is 51.4 Å². The summed E-state index contributed by atoms with van der Waals surface area (Å²) in [6, 6.07) is 8.27. The highest BCUT2D eigenvalue weighted by atomic mass is 16.5. The van der Waals surface area contributed by atoms with Gasteiger partial charge in [-0.25, -0.2) is 4.79 Å². The first-order chi connectivity index (χ1) is 17.4. The average molecular weight is 493 g/mol. The van der Waals surface area contributed by atoms with E-state index in [0.29, 0.717) is 5.56 Å². The van der Waals surface area contributed by atoms with Gasteiger partial charge in [-0.1, -0.05) is 18.2 Å². The highest BCUT2D eigenvalue weighted by Crippen LogP contribution is 2.49. The van der Waals surface area contributed by atoms with Crippen LogP contribution in [0.15, 0.2) is 30.3 Å². The number of nitrogens with zero attached hydrogens (tertiary/aromatic N) is 1. The molecule has 2 aromatic carbocycles. The molecule has 2 aliphatic rings. The summed E-state index contributed by atoms with van der Waals surface area (Å²) in [4.78, 5) is 14.8. The first kappa shape index (κ1) is 26.2. The minimum atomic E-state index is -0.319. The Morgan fingerprint density at radius 3 is 2.64 bits per heavy atom. The van der Waals surface area contributed by atoms with Gasteiger partial charge in [-0.2, -0.15) is 0 Å². The molecule has 0 saturated carbocycles. The van der Waals surface area contributed by atoms with E-state index in [-0.39, 0.29) is 17.4 Å². The molecular formula is C30H40N2O4. The predicted molar refractivity (Wildman–Crippen MR) is 145 cm³/mol. The zero-order valence-electron chi connectivity index (χ0n) is 22.6. The van der Waals surface area contributed by atoms with Gasteiger partial charge in [-0.05, 0) is 87.5 Å². The second-order valence-corrected chi connectivity index (χ2v) is 10.2. The Morgan fingerprint density at radius 2 is 2.03 bits per heavy atom. The fourth-order valence-electron chi connectivity index (χ4n) is 5.67. The van der Waals surface area contributed by atoms with Gasteiger partial charge in [-0.3, -0.25) is 4.90 Å². The summed E-state index contributed by atoms with van der Waals surface area (Å²) >= 11 is 0. The van der Waals surface area contributed by atoms with Gasteiger partial charge in [0, 0.05) is 35.8 Å². The molecule has 2 aliphatic heterocycles. The van der Waals surface area contributed by atoms with Crippen LogP contribution in [0.1, 0.15) is 70.9 Å². The van der Waals surface area contributed by atoms with Crippen molar-refractivity contribution >= 4 is 17.7 Å². The number of allylic oxidation sites excluding steroid dienone is 1. The van der Waals surface area contributed by atoms with E-state index in [1.807, 2.05) is 12.1 Å². The third kappa shape index (κ3) is 5.02. The molecule has 2 aromatic rings. The van der Waals surface area contributed by atoms with Crippen molar-refractivity contribution in [2.45, 2.75) is 53.1 Å². The van der Waals surface area contributed by atoms with E-state index < -0.39 is 0 Å². The van der Waals surface area contributed by atoms with Crippen LogP contribution in [0.5, 0.6) is 5.75 Å². The van der Waals surface area contributed by atoms with Gasteiger partial charge < -0.3 is 19.5 Å². The van der Waals surface area contributed by atoms with Gasteiger partial charge >= 0.3 is 5.97 Å². The van der Waals surface area contributed by atoms with Crippen LogP contribution < -0.4 is 10.1 Å². The number of hydrogen-bond donors (Lipinski definition) is 1. The Labute approximate surface area is 215 Å². The van der Waals surface area contributed by atoms with Crippen molar-refractivity contribution in [1.29, 1.82) is 0 Å². The number of piperidine rings is 1. The number of carbonyl (C=O) groups excluding carboxylic acids is 1. The number of ether oxygens (including phenoxy) is 3. The molecule has 0 bridgehead atoms. The summed E-state index contributed by atoms with van der Waals surface area (Å²) in [5.41, 5.74) is 7.99. The van der Waals surface area contributed by atoms with Gasteiger partial charge in [-0.15, -0.1) is 0 Å². The van der Waals surface area contributed by atoms with Crippen LogP contribution >= 0.6 is 0 Å². The second-order valence-electron chi connectivity index (χ2n) is 10.2. The zero-order chi connectivity index (χ0) is 25.9. The first-order valence-corrected chi connectivity index (χ1v) is 12.9. The van der Waals surface area contributed by atoms with Gasteiger partial charge in [0.05, 0.1) is 33.0 Å². The molecular weight excluding hydrogens is 452 g/mol. The minimum absolute atomic E-state index is 0.188. The second kappa shape index (κ2) is 11.1. The summed E-state index contributed by atoms with van der Waals surface area (Å²) in [6.45, 7) is 12.7. The molecule has 2 fully saturated rings. The normalized spacial score (nSPS) is 19.3.